The van der Waals surface area contributed by atoms with Gasteiger partial charge in [0.15, 0.2) is 0 Å². The molecular weight excluding hydrogens is 294 g/mol. The SMILES string of the molecule is CC(C)(C)OC(=O)CNC1CCC(COS(C)(=O)=O)CC1. The molecule has 0 aromatic rings. The standard InChI is InChI=1S/C14H27NO5S/c1-14(2,3)20-13(16)9-15-12-7-5-11(6-8-12)10-19-21(4,17)18/h11-12,15H,5-10H2,1-4H3. The lowest BCUT2D eigenvalue weighted by Crippen LogP contribution is -2.39. The third-order valence-corrected chi connectivity index (χ3v) is 3.88. The fourth-order valence-corrected chi connectivity index (χ4v) is 2.80. The number of carbonyl (C=O) groups excluding carboxylic acids is 1. The molecular formula is C14H27NO5S. The number of hydrogen-bond acceptors (Lipinski definition) is 6. The first-order valence-corrected chi connectivity index (χ1v) is 9.16. The zero-order chi connectivity index (χ0) is 16.1. The van der Waals surface area contributed by atoms with Crippen molar-refractivity contribution >= 4 is 16.1 Å². The molecule has 0 unspecified atom stereocenters. The van der Waals surface area contributed by atoms with Crippen LogP contribution in [0.4, 0.5) is 0 Å². The summed E-state index contributed by atoms with van der Waals surface area (Å²) in [4.78, 5) is 11.6. The van der Waals surface area contributed by atoms with Crippen molar-refractivity contribution in [1.82, 2.24) is 5.32 Å². The lowest BCUT2D eigenvalue weighted by atomic mass is 9.86. The van der Waals surface area contributed by atoms with Gasteiger partial charge in [0, 0.05) is 6.04 Å². The molecule has 0 atom stereocenters. The Hall–Kier alpha value is -0.660. The van der Waals surface area contributed by atoms with Crippen molar-refractivity contribution in [3.8, 4) is 0 Å². The Labute approximate surface area is 127 Å². The Morgan fingerprint density at radius 1 is 1.19 bits per heavy atom. The van der Waals surface area contributed by atoms with Crippen LogP contribution in [0.1, 0.15) is 46.5 Å². The number of carbonyl (C=O) groups is 1. The van der Waals surface area contributed by atoms with Gasteiger partial charge >= 0.3 is 5.97 Å². The number of esters is 1. The van der Waals surface area contributed by atoms with Crippen LogP contribution in [0.2, 0.25) is 0 Å². The lowest BCUT2D eigenvalue weighted by Gasteiger charge is -2.29. The molecule has 0 spiro atoms. The molecule has 0 heterocycles. The summed E-state index contributed by atoms with van der Waals surface area (Å²) < 4.78 is 32.0. The maximum absolute atomic E-state index is 11.6. The van der Waals surface area contributed by atoms with Gasteiger partial charge in [-0.1, -0.05) is 0 Å². The minimum absolute atomic E-state index is 0.215. The van der Waals surface area contributed by atoms with E-state index in [0.29, 0.717) is 0 Å². The van der Waals surface area contributed by atoms with Crippen molar-refractivity contribution < 1.29 is 22.1 Å². The molecule has 0 aliphatic heterocycles. The van der Waals surface area contributed by atoms with Gasteiger partial charge in [0.1, 0.15) is 5.60 Å². The van der Waals surface area contributed by atoms with Gasteiger partial charge in [-0.05, 0) is 52.4 Å². The van der Waals surface area contributed by atoms with E-state index in [2.05, 4.69) is 5.32 Å². The molecule has 1 aliphatic carbocycles. The molecule has 0 amide bonds. The normalized spacial score (nSPS) is 23.8. The van der Waals surface area contributed by atoms with E-state index in [4.69, 9.17) is 8.92 Å². The molecule has 0 bridgehead atoms. The zero-order valence-corrected chi connectivity index (χ0v) is 14.2. The summed E-state index contributed by atoms with van der Waals surface area (Å²) in [6.07, 6.45) is 4.71. The number of ether oxygens (including phenoxy) is 1. The summed E-state index contributed by atoms with van der Waals surface area (Å²) in [5.41, 5.74) is -0.459. The highest BCUT2D eigenvalue weighted by molar-refractivity contribution is 7.85. The van der Waals surface area contributed by atoms with Crippen molar-refractivity contribution in [3.63, 3.8) is 0 Å². The number of nitrogens with one attached hydrogen (secondary N) is 1. The maximum atomic E-state index is 11.6. The van der Waals surface area contributed by atoms with E-state index in [1.54, 1.807) is 0 Å². The third kappa shape index (κ3) is 9.06. The van der Waals surface area contributed by atoms with Crippen molar-refractivity contribution in [2.24, 2.45) is 5.92 Å². The Kier molecular flexibility index (Phi) is 6.62. The second-order valence-electron chi connectivity index (χ2n) is 6.67. The van der Waals surface area contributed by atoms with Crippen LogP contribution in [0.5, 0.6) is 0 Å². The highest BCUT2D eigenvalue weighted by atomic mass is 32.2. The number of hydrogen-bond donors (Lipinski definition) is 1. The first-order chi connectivity index (χ1) is 9.55. The molecule has 1 rings (SSSR count). The fraction of sp³-hybridized carbons (Fsp3) is 0.929. The summed E-state index contributed by atoms with van der Waals surface area (Å²) in [7, 11) is -3.35. The molecule has 0 aromatic heterocycles. The van der Waals surface area contributed by atoms with E-state index in [1.807, 2.05) is 20.8 Å². The van der Waals surface area contributed by atoms with E-state index in [-0.39, 0.29) is 31.1 Å². The third-order valence-electron chi connectivity index (χ3n) is 3.32. The first-order valence-electron chi connectivity index (χ1n) is 7.35. The van der Waals surface area contributed by atoms with Gasteiger partial charge in [-0.3, -0.25) is 8.98 Å². The summed E-state index contributed by atoms with van der Waals surface area (Å²) in [5.74, 6) is 0.0318. The van der Waals surface area contributed by atoms with E-state index in [1.165, 1.54) is 0 Å². The fourth-order valence-electron chi connectivity index (χ4n) is 2.36. The minimum Gasteiger partial charge on any atom is -0.459 e. The highest BCUT2D eigenvalue weighted by Gasteiger charge is 2.23. The van der Waals surface area contributed by atoms with Crippen LogP contribution < -0.4 is 5.32 Å². The zero-order valence-electron chi connectivity index (χ0n) is 13.3. The Bertz CT molecular complexity index is 433. The molecule has 1 N–H and O–H groups in total. The van der Waals surface area contributed by atoms with Gasteiger partial charge in [-0.2, -0.15) is 8.42 Å². The van der Waals surface area contributed by atoms with E-state index < -0.39 is 15.7 Å². The average molecular weight is 321 g/mol. The lowest BCUT2D eigenvalue weighted by molar-refractivity contribution is -0.153. The van der Waals surface area contributed by atoms with Crippen LogP contribution >= 0.6 is 0 Å². The minimum atomic E-state index is -3.35. The molecule has 7 heteroatoms. The van der Waals surface area contributed by atoms with Crippen LogP contribution in [0, 0.1) is 5.92 Å². The molecule has 6 nitrogen and oxygen atoms in total. The predicted molar refractivity (Wildman–Crippen MR) is 80.4 cm³/mol. The second kappa shape index (κ2) is 7.56. The molecule has 0 saturated heterocycles. The molecule has 0 aromatic carbocycles. The predicted octanol–water partition coefficient (Wildman–Crippen LogP) is 1.45. The molecule has 1 saturated carbocycles. The van der Waals surface area contributed by atoms with Crippen molar-refractivity contribution in [2.75, 3.05) is 19.4 Å². The number of rotatable bonds is 6. The quantitative estimate of drug-likeness (QED) is 0.589. The summed E-state index contributed by atoms with van der Waals surface area (Å²) in [6, 6.07) is 0.284. The van der Waals surface area contributed by atoms with Gasteiger partial charge in [-0.25, -0.2) is 0 Å². The van der Waals surface area contributed by atoms with Gasteiger partial charge in [0.05, 0.1) is 19.4 Å². The summed E-state index contributed by atoms with van der Waals surface area (Å²) in [5, 5.41) is 3.20. The highest BCUT2D eigenvalue weighted by Crippen LogP contribution is 2.24. The Balaban J connectivity index is 2.20. The molecule has 1 aliphatic rings. The van der Waals surface area contributed by atoms with Gasteiger partial charge in [0.2, 0.25) is 0 Å². The van der Waals surface area contributed by atoms with Crippen LogP contribution in [0.25, 0.3) is 0 Å². The topological polar surface area (TPSA) is 81.7 Å². The maximum Gasteiger partial charge on any atom is 0.320 e. The van der Waals surface area contributed by atoms with Crippen LogP contribution in [0.3, 0.4) is 0 Å². The van der Waals surface area contributed by atoms with Crippen LogP contribution in [0.15, 0.2) is 0 Å². The monoisotopic (exact) mass is 321 g/mol. The molecule has 21 heavy (non-hydrogen) atoms. The van der Waals surface area contributed by atoms with Crippen molar-refractivity contribution in [3.05, 3.63) is 0 Å². The first kappa shape index (κ1) is 18.4. The second-order valence-corrected chi connectivity index (χ2v) is 8.32. The van der Waals surface area contributed by atoms with Crippen molar-refractivity contribution in [1.29, 1.82) is 0 Å². The van der Waals surface area contributed by atoms with Crippen LogP contribution in [-0.2, 0) is 23.8 Å². The van der Waals surface area contributed by atoms with Gasteiger partial charge in [-0.15, -0.1) is 0 Å². The smallest absolute Gasteiger partial charge is 0.320 e. The summed E-state index contributed by atoms with van der Waals surface area (Å²) in [6.45, 7) is 6.01. The van der Waals surface area contributed by atoms with E-state index in [0.717, 1.165) is 31.9 Å². The molecule has 124 valence electrons. The Morgan fingerprint density at radius 3 is 2.24 bits per heavy atom. The van der Waals surface area contributed by atoms with E-state index >= 15 is 0 Å². The van der Waals surface area contributed by atoms with E-state index in [9.17, 15) is 13.2 Å². The van der Waals surface area contributed by atoms with Crippen LogP contribution in [-0.4, -0.2) is 45.4 Å². The molecule has 0 radical (unpaired) electrons. The summed E-state index contributed by atoms with van der Waals surface area (Å²) >= 11 is 0. The van der Waals surface area contributed by atoms with Crippen molar-refractivity contribution in [2.45, 2.75) is 58.1 Å². The Morgan fingerprint density at radius 2 is 1.76 bits per heavy atom. The van der Waals surface area contributed by atoms with Gasteiger partial charge in [0.25, 0.3) is 10.1 Å². The average Bonchev–Trinajstić information content (AvgIpc) is 2.32. The van der Waals surface area contributed by atoms with Gasteiger partial charge < -0.3 is 10.1 Å². The molecule has 1 fully saturated rings. The largest absolute Gasteiger partial charge is 0.459 e.